The molecule has 0 atom stereocenters. The Labute approximate surface area is 101 Å². The van der Waals surface area contributed by atoms with Crippen molar-refractivity contribution in [2.75, 3.05) is 13.1 Å². The number of aromatic hydroxyl groups is 1. The molecule has 4 heteroatoms. The third-order valence-corrected chi connectivity index (χ3v) is 3.18. The summed E-state index contributed by atoms with van der Waals surface area (Å²) in [6.07, 6.45) is 2.18. The summed E-state index contributed by atoms with van der Waals surface area (Å²) in [7, 11) is 0. The second-order valence-electron chi connectivity index (χ2n) is 4.56. The topological polar surface area (TPSA) is 66.6 Å². The van der Waals surface area contributed by atoms with Crippen molar-refractivity contribution in [2.45, 2.75) is 25.3 Å². The Morgan fingerprint density at radius 1 is 1.29 bits per heavy atom. The minimum atomic E-state index is 0.141. The van der Waals surface area contributed by atoms with Crippen LogP contribution in [0.1, 0.15) is 18.4 Å². The molecule has 0 saturated carbocycles. The smallest absolute Gasteiger partial charge is 0.226 e. The third-order valence-electron chi connectivity index (χ3n) is 3.18. The number of likely N-dealkylation sites (tertiary alicyclic amines) is 1. The lowest BCUT2D eigenvalue weighted by molar-refractivity contribution is -0.131. The molecule has 0 unspecified atom stereocenters. The molecule has 1 aromatic rings. The summed E-state index contributed by atoms with van der Waals surface area (Å²) in [5.41, 5.74) is 6.73. The molecule has 1 aromatic carbocycles. The molecule has 17 heavy (non-hydrogen) atoms. The minimum Gasteiger partial charge on any atom is -0.508 e. The Bertz CT molecular complexity index is 381. The van der Waals surface area contributed by atoms with E-state index in [2.05, 4.69) is 0 Å². The van der Waals surface area contributed by atoms with Gasteiger partial charge in [0.05, 0.1) is 6.42 Å². The van der Waals surface area contributed by atoms with Gasteiger partial charge in [0.15, 0.2) is 0 Å². The number of benzene rings is 1. The van der Waals surface area contributed by atoms with Crippen molar-refractivity contribution in [3.63, 3.8) is 0 Å². The van der Waals surface area contributed by atoms with Gasteiger partial charge in [-0.15, -0.1) is 0 Å². The lowest BCUT2D eigenvalue weighted by Gasteiger charge is -2.30. The second kappa shape index (κ2) is 5.19. The first-order valence-electron chi connectivity index (χ1n) is 5.96. The summed E-state index contributed by atoms with van der Waals surface area (Å²) in [6, 6.07) is 7.02. The van der Waals surface area contributed by atoms with Crippen molar-refractivity contribution in [3.8, 4) is 5.75 Å². The number of nitrogens with zero attached hydrogens (tertiary/aromatic N) is 1. The van der Waals surface area contributed by atoms with Crippen LogP contribution in [0.4, 0.5) is 0 Å². The molecule has 0 bridgehead atoms. The van der Waals surface area contributed by atoms with E-state index in [9.17, 15) is 4.79 Å². The zero-order chi connectivity index (χ0) is 12.3. The number of carbonyl (C=O) groups excluding carboxylic acids is 1. The molecule has 3 N–H and O–H groups in total. The highest BCUT2D eigenvalue weighted by Gasteiger charge is 2.20. The van der Waals surface area contributed by atoms with E-state index in [-0.39, 0.29) is 17.7 Å². The molecule has 4 nitrogen and oxygen atoms in total. The molecular weight excluding hydrogens is 216 g/mol. The monoisotopic (exact) mass is 234 g/mol. The number of carbonyl (C=O) groups is 1. The molecule has 1 amide bonds. The van der Waals surface area contributed by atoms with Crippen LogP contribution in [0.5, 0.6) is 5.75 Å². The third kappa shape index (κ3) is 3.20. The molecule has 1 heterocycles. The Morgan fingerprint density at radius 2 is 1.88 bits per heavy atom. The van der Waals surface area contributed by atoms with Crippen LogP contribution in [0.3, 0.4) is 0 Å². The molecule has 92 valence electrons. The molecule has 1 aliphatic heterocycles. The van der Waals surface area contributed by atoms with E-state index in [1.165, 1.54) is 0 Å². The van der Waals surface area contributed by atoms with Crippen LogP contribution in [-0.2, 0) is 11.2 Å². The average molecular weight is 234 g/mol. The van der Waals surface area contributed by atoms with Crippen molar-refractivity contribution in [3.05, 3.63) is 29.8 Å². The summed E-state index contributed by atoms with van der Waals surface area (Å²) in [5, 5.41) is 9.16. The fraction of sp³-hybridized carbons (Fsp3) is 0.462. The van der Waals surface area contributed by atoms with Crippen LogP contribution >= 0.6 is 0 Å². The van der Waals surface area contributed by atoms with Gasteiger partial charge in [-0.2, -0.15) is 0 Å². The minimum absolute atomic E-state index is 0.141. The second-order valence-corrected chi connectivity index (χ2v) is 4.56. The van der Waals surface area contributed by atoms with Crippen LogP contribution in [-0.4, -0.2) is 35.0 Å². The number of phenolic OH excluding ortho intramolecular Hbond substituents is 1. The Hall–Kier alpha value is -1.55. The standard InChI is InChI=1S/C13H18N2O2/c14-11-5-7-15(8-6-11)13(17)9-10-1-3-12(16)4-2-10/h1-4,11,16H,5-9,14H2. The summed E-state index contributed by atoms with van der Waals surface area (Å²) in [4.78, 5) is 13.9. The fourth-order valence-corrected chi connectivity index (χ4v) is 2.05. The van der Waals surface area contributed by atoms with E-state index in [4.69, 9.17) is 10.8 Å². The van der Waals surface area contributed by atoms with Gasteiger partial charge in [-0.25, -0.2) is 0 Å². The van der Waals surface area contributed by atoms with E-state index in [0.717, 1.165) is 31.5 Å². The lowest BCUT2D eigenvalue weighted by Crippen LogP contribution is -2.43. The maximum Gasteiger partial charge on any atom is 0.226 e. The summed E-state index contributed by atoms with van der Waals surface area (Å²) < 4.78 is 0. The van der Waals surface area contributed by atoms with Crippen LogP contribution in [0.2, 0.25) is 0 Å². The predicted octanol–water partition coefficient (Wildman–Crippen LogP) is 0.884. The largest absolute Gasteiger partial charge is 0.508 e. The van der Waals surface area contributed by atoms with E-state index >= 15 is 0 Å². The van der Waals surface area contributed by atoms with Crippen LogP contribution in [0.25, 0.3) is 0 Å². The van der Waals surface area contributed by atoms with Gasteiger partial charge >= 0.3 is 0 Å². The van der Waals surface area contributed by atoms with Gasteiger partial charge in [-0.05, 0) is 30.5 Å². The van der Waals surface area contributed by atoms with Crippen molar-refractivity contribution < 1.29 is 9.90 Å². The maximum atomic E-state index is 12.0. The normalized spacial score (nSPS) is 17.1. The molecule has 2 rings (SSSR count). The molecular formula is C13H18N2O2. The van der Waals surface area contributed by atoms with Crippen LogP contribution < -0.4 is 5.73 Å². The first-order valence-corrected chi connectivity index (χ1v) is 5.96. The van der Waals surface area contributed by atoms with Crippen molar-refractivity contribution >= 4 is 5.91 Å². The zero-order valence-corrected chi connectivity index (χ0v) is 9.80. The van der Waals surface area contributed by atoms with Gasteiger partial charge < -0.3 is 15.7 Å². The molecule has 1 fully saturated rings. The number of hydrogen-bond donors (Lipinski definition) is 2. The van der Waals surface area contributed by atoms with Gasteiger partial charge in [0.25, 0.3) is 0 Å². The highest BCUT2D eigenvalue weighted by molar-refractivity contribution is 5.78. The number of nitrogens with two attached hydrogens (primary N) is 1. The first kappa shape index (κ1) is 11.9. The number of amides is 1. The number of rotatable bonds is 2. The van der Waals surface area contributed by atoms with Crippen LogP contribution in [0, 0.1) is 0 Å². The number of hydrogen-bond acceptors (Lipinski definition) is 3. The van der Waals surface area contributed by atoms with E-state index < -0.39 is 0 Å². The maximum absolute atomic E-state index is 12.0. The first-order chi connectivity index (χ1) is 8.15. The van der Waals surface area contributed by atoms with Gasteiger partial charge in [0.1, 0.15) is 5.75 Å². The van der Waals surface area contributed by atoms with Gasteiger partial charge in [-0.1, -0.05) is 12.1 Å². The van der Waals surface area contributed by atoms with E-state index in [0.29, 0.717) is 6.42 Å². The number of piperidine rings is 1. The van der Waals surface area contributed by atoms with Gasteiger partial charge in [0, 0.05) is 19.1 Å². The SMILES string of the molecule is NC1CCN(C(=O)Cc2ccc(O)cc2)CC1. The summed E-state index contributed by atoms with van der Waals surface area (Å²) in [5.74, 6) is 0.368. The van der Waals surface area contributed by atoms with E-state index in [1.54, 1.807) is 24.3 Å². The van der Waals surface area contributed by atoms with Gasteiger partial charge in [-0.3, -0.25) is 4.79 Å². The summed E-state index contributed by atoms with van der Waals surface area (Å²) in [6.45, 7) is 1.52. The summed E-state index contributed by atoms with van der Waals surface area (Å²) >= 11 is 0. The van der Waals surface area contributed by atoms with Crippen molar-refractivity contribution in [2.24, 2.45) is 5.73 Å². The fourth-order valence-electron chi connectivity index (χ4n) is 2.05. The highest BCUT2D eigenvalue weighted by Crippen LogP contribution is 2.13. The quantitative estimate of drug-likeness (QED) is 0.798. The Balaban J connectivity index is 1.90. The molecule has 0 aliphatic carbocycles. The average Bonchev–Trinajstić information content (AvgIpc) is 2.33. The van der Waals surface area contributed by atoms with Gasteiger partial charge in [0.2, 0.25) is 5.91 Å². The zero-order valence-electron chi connectivity index (χ0n) is 9.80. The predicted molar refractivity (Wildman–Crippen MR) is 65.6 cm³/mol. The highest BCUT2D eigenvalue weighted by atomic mass is 16.3. The Morgan fingerprint density at radius 3 is 2.47 bits per heavy atom. The molecule has 0 radical (unpaired) electrons. The van der Waals surface area contributed by atoms with Crippen molar-refractivity contribution in [1.82, 2.24) is 4.90 Å². The van der Waals surface area contributed by atoms with Crippen molar-refractivity contribution in [1.29, 1.82) is 0 Å². The molecule has 1 saturated heterocycles. The van der Waals surface area contributed by atoms with E-state index in [1.807, 2.05) is 4.90 Å². The van der Waals surface area contributed by atoms with Crippen LogP contribution in [0.15, 0.2) is 24.3 Å². The molecule has 1 aliphatic rings. The number of phenols is 1. The molecule has 0 aromatic heterocycles. The molecule has 0 spiro atoms. The lowest BCUT2D eigenvalue weighted by atomic mass is 10.0. The Kier molecular flexibility index (Phi) is 3.64.